The second-order valence-electron chi connectivity index (χ2n) is 6.07. The van der Waals surface area contributed by atoms with E-state index in [9.17, 15) is 14.0 Å². The largest absolute Gasteiger partial charge is 0.450 e. The Kier molecular flexibility index (Phi) is 4.67. The number of benzene rings is 3. The van der Waals surface area contributed by atoms with E-state index >= 15 is 0 Å². The van der Waals surface area contributed by atoms with E-state index in [-0.39, 0.29) is 17.0 Å². The van der Waals surface area contributed by atoms with Gasteiger partial charge in [0.05, 0.1) is 11.3 Å². The molecule has 28 heavy (non-hydrogen) atoms. The molecule has 0 aliphatic heterocycles. The number of hydrogen-bond donors (Lipinski definition) is 1. The molecule has 1 heterocycles. The van der Waals surface area contributed by atoms with Gasteiger partial charge < -0.3 is 9.73 Å². The van der Waals surface area contributed by atoms with Gasteiger partial charge in [-0.1, -0.05) is 35.9 Å². The van der Waals surface area contributed by atoms with E-state index in [1.54, 1.807) is 54.6 Å². The minimum absolute atomic E-state index is 0.0341. The number of hydrogen-bond acceptors (Lipinski definition) is 3. The van der Waals surface area contributed by atoms with Crippen molar-refractivity contribution in [1.29, 1.82) is 0 Å². The number of carbonyl (C=O) groups excluding carboxylic acids is 2. The normalized spacial score (nSPS) is 10.8. The number of anilines is 1. The molecule has 1 N–H and O–H groups in total. The van der Waals surface area contributed by atoms with Crippen molar-refractivity contribution in [1.82, 2.24) is 0 Å². The molecule has 1 amide bonds. The molecule has 0 bridgehead atoms. The highest BCUT2D eigenvalue weighted by Crippen LogP contribution is 2.33. The monoisotopic (exact) mass is 393 g/mol. The van der Waals surface area contributed by atoms with E-state index in [0.717, 1.165) is 0 Å². The Hall–Kier alpha value is -3.44. The number of carbonyl (C=O) groups is 2. The molecule has 0 atom stereocenters. The summed E-state index contributed by atoms with van der Waals surface area (Å²) in [6, 6.07) is 18.9. The summed E-state index contributed by atoms with van der Waals surface area (Å²) in [4.78, 5) is 25.6. The van der Waals surface area contributed by atoms with E-state index < -0.39 is 17.5 Å². The summed E-state index contributed by atoms with van der Waals surface area (Å²) in [6.45, 7) is 0. The SMILES string of the molecule is O=C(Nc1c(C(=O)c2ccc(Cl)cc2)oc2ccccc12)c1ccccc1F. The Morgan fingerprint density at radius 1 is 0.893 bits per heavy atom. The third kappa shape index (κ3) is 3.28. The molecule has 0 aliphatic rings. The van der Waals surface area contributed by atoms with Crippen molar-refractivity contribution in [3.63, 3.8) is 0 Å². The average molecular weight is 394 g/mol. The Labute approximate surface area is 164 Å². The fraction of sp³-hybridized carbons (Fsp3) is 0. The highest BCUT2D eigenvalue weighted by molar-refractivity contribution is 6.30. The second kappa shape index (κ2) is 7.29. The third-order valence-electron chi connectivity index (χ3n) is 4.27. The molecule has 1 aromatic heterocycles. The molecular formula is C22H13ClFNO3. The van der Waals surface area contributed by atoms with Crippen LogP contribution in [0.25, 0.3) is 11.0 Å². The van der Waals surface area contributed by atoms with Gasteiger partial charge in [-0.15, -0.1) is 0 Å². The molecule has 4 aromatic rings. The van der Waals surface area contributed by atoms with E-state index in [1.807, 2.05) is 0 Å². The number of nitrogens with one attached hydrogen (secondary N) is 1. The molecule has 0 unspecified atom stereocenters. The van der Waals surface area contributed by atoms with Gasteiger partial charge in [-0.3, -0.25) is 9.59 Å². The van der Waals surface area contributed by atoms with Crippen LogP contribution in [0.4, 0.5) is 10.1 Å². The van der Waals surface area contributed by atoms with Crippen LogP contribution < -0.4 is 5.32 Å². The van der Waals surface area contributed by atoms with Crippen LogP contribution in [0, 0.1) is 5.82 Å². The molecule has 4 nitrogen and oxygen atoms in total. The lowest BCUT2D eigenvalue weighted by Gasteiger charge is -2.07. The first kappa shape index (κ1) is 17.9. The Morgan fingerprint density at radius 2 is 1.57 bits per heavy atom. The topological polar surface area (TPSA) is 59.3 Å². The maximum absolute atomic E-state index is 14.0. The highest BCUT2D eigenvalue weighted by atomic mass is 35.5. The quantitative estimate of drug-likeness (QED) is 0.452. The molecule has 0 fully saturated rings. The van der Waals surface area contributed by atoms with Gasteiger partial charge in [-0.25, -0.2) is 4.39 Å². The van der Waals surface area contributed by atoms with E-state index in [0.29, 0.717) is 21.6 Å². The third-order valence-corrected chi connectivity index (χ3v) is 4.52. The number of fused-ring (bicyclic) bond motifs is 1. The summed E-state index contributed by atoms with van der Waals surface area (Å²) in [7, 11) is 0. The molecular weight excluding hydrogens is 381 g/mol. The summed E-state index contributed by atoms with van der Waals surface area (Å²) < 4.78 is 19.7. The van der Waals surface area contributed by atoms with Gasteiger partial charge in [-0.2, -0.15) is 0 Å². The van der Waals surface area contributed by atoms with Crippen molar-refractivity contribution in [3.05, 3.63) is 101 Å². The minimum Gasteiger partial charge on any atom is -0.450 e. The zero-order valence-electron chi connectivity index (χ0n) is 14.4. The van der Waals surface area contributed by atoms with Gasteiger partial charge >= 0.3 is 0 Å². The first-order chi connectivity index (χ1) is 13.5. The lowest BCUT2D eigenvalue weighted by atomic mass is 10.1. The molecule has 3 aromatic carbocycles. The maximum Gasteiger partial charge on any atom is 0.258 e. The molecule has 6 heteroatoms. The molecule has 4 rings (SSSR count). The fourth-order valence-corrected chi connectivity index (χ4v) is 3.01. The Morgan fingerprint density at radius 3 is 2.32 bits per heavy atom. The van der Waals surface area contributed by atoms with Crippen LogP contribution in [0.2, 0.25) is 5.02 Å². The van der Waals surface area contributed by atoms with Gasteiger partial charge in [0.2, 0.25) is 5.78 Å². The average Bonchev–Trinajstić information content (AvgIpc) is 3.07. The van der Waals surface area contributed by atoms with Crippen molar-refractivity contribution in [2.75, 3.05) is 5.32 Å². The van der Waals surface area contributed by atoms with E-state index in [1.165, 1.54) is 18.2 Å². The predicted molar refractivity (Wildman–Crippen MR) is 105 cm³/mol. The van der Waals surface area contributed by atoms with E-state index in [2.05, 4.69) is 5.32 Å². The minimum atomic E-state index is -0.671. The zero-order chi connectivity index (χ0) is 19.7. The van der Waals surface area contributed by atoms with Gasteiger partial charge in [0.25, 0.3) is 5.91 Å². The summed E-state index contributed by atoms with van der Waals surface area (Å²) in [5.41, 5.74) is 0.856. The van der Waals surface area contributed by atoms with Crippen LogP contribution >= 0.6 is 11.6 Å². The fourth-order valence-electron chi connectivity index (χ4n) is 2.89. The van der Waals surface area contributed by atoms with Gasteiger partial charge in [0, 0.05) is 16.0 Å². The van der Waals surface area contributed by atoms with Crippen molar-refractivity contribution in [2.45, 2.75) is 0 Å². The second-order valence-corrected chi connectivity index (χ2v) is 6.51. The van der Waals surface area contributed by atoms with Crippen molar-refractivity contribution < 1.29 is 18.4 Å². The number of halogens is 2. The van der Waals surface area contributed by atoms with E-state index in [4.69, 9.17) is 16.0 Å². The molecule has 138 valence electrons. The van der Waals surface area contributed by atoms with Crippen molar-refractivity contribution >= 4 is 39.9 Å². The molecule has 0 radical (unpaired) electrons. The van der Waals surface area contributed by atoms with Crippen molar-refractivity contribution in [2.24, 2.45) is 0 Å². The number of ketones is 1. The highest BCUT2D eigenvalue weighted by Gasteiger charge is 2.24. The summed E-state index contributed by atoms with van der Waals surface area (Å²) in [5.74, 6) is -1.78. The first-order valence-electron chi connectivity index (χ1n) is 8.42. The lowest BCUT2D eigenvalue weighted by molar-refractivity contribution is 0.101. The number of rotatable bonds is 4. The van der Waals surface area contributed by atoms with Crippen LogP contribution in [0.5, 0.6) is 0 Å². The molecule has 0 spiro atoms. The molecule has 0 saturated carbocycles. The predicted octanol–water partition coefficient (Wildman–Crippen LogP) is 5.71. The summed E-state index contributed by atoms with van der Waals surface area (Å²) in [6.07, 6.45) is 0. The van der Waals surface area contributed by atoms with Gasteiger partial charge in [-0.05, 0) is 48.5 Å². The Balaban J connectivity index is 1.79. The maximum atomic E-state index is 14.0. The smallest absolute Gasteiger partial charge is 0.258 e. The van der Waals surface area contributed by atoms with Crippen molar-refractivity contribution in [3.8, 4) is 0 Å². The molecule has 0 saturated heterocycles. The van der Waals surface area contributed by atoms with Crippen LogP contribution in [0.15, 0.2) is 77.2 Å². The lowest BCUT2D eigenvalue weighted by Crippen LogP contribution is -2.15. The Bertz CT molecular complexity index is 1200. The molecule has 0 aliphatic carbocycles. The number of amides is 1. The zero-order valence-corrected chi connectivity index (χ0v) is 15.2. The standard InChI is InChI=1S/C22H13ClFNO3/c23-14-11-9-13(10-12-14)20(26)21-19(16-6-2-4-8-18(16)28-21)25-22(27)15-5-1-3-7-17(15)24/h1-12H,(H,25,27). The van der Waals surface area contributed by atoms with Gasteiger partial charge in [0.1, 0.15) is 11.4 Å². The number of furan rings is 1. The van der Waals surface area contributed by atoms with Crippen LogP contribution in [0.3, 0.4) is 0 Å². The van der Waals surface area contributed by atoms with Crippen LogP contribution in [-0.2, 0) is 0 Å². The first-order valence-corrected chi connectivity index (χ1v) is 8.80. The van der Waals surface area contributed by atoms with Gasteiger partial charge in [0.15, 0.2) is 5.76 Å². The summed E-state index contributed by atoms with van der Waals surface area (Å²) in [5, 5.41) is 3.67. The summed E-state index contributed by atoms with van der Waals surface area (Å²) >= 11 is 5.88. The van der Waals surface area contributed by atoms with Crippen LogP contribution in [0.1, 0.15) is 26.5 Å². The number of para-hydroxylation sites is 1. The van der Waals surface area contributed by atoms with Crippen LogP contribution in [-0.4, -0.2) is 11.7 Å².